The predicted molar refractivity (Wildman–Crippen MR) is 69.9 cm³/mol. The summed E-state index contributed by atoms with van der Waals surface area (Å²) in [6.45, 7) is 2.05. The van der Waals surface area contributed by atoms with Gasteiger partial charge in [0.15, 0.2) is 5.82 Å². The number of hydrogen-bond acceptors (Lipinski definition) is 5. The summed E-state index contributed by atoms with van der Waals surface area (Å²) in [5, 5.41) is 3.95. The lowest BCUT2D eigenvalue weighted by atomic mass is 10.2. The van der Waals surface area contributed by atoms with Crippen molar-refractivity contribution in [3.63, 3.8) is 0 Å². The Bertz CT molecular complexity index is 498. The van der Waals surface area contributed by atoms with Crippen LogP contribution in [0.5, 0.6) is 5.88 Å². The van der Waals surface area contributed by atoms with Crippen LogP contribution < -0.4 is 4.74 Å². The Balaban J connectivity index is 2.06. The minimum Gasteiger partial charge on any atom is -0.481 e. The van der Waals surface area contributed by atoms with Crippen LogP contribution in [0, 0.1) is 0 Å². The molecule has 18 heavy (non-hydrogen) atoms. The number of alkyl halides is 1. The second kappa shape index (κ2) is 5.95. The summed E-state index contributed by atoms with van der Waals surface area (Å²) < 4.78 is 10.2. The van der Waals surface area contributed by atoms with Crippen molar-refractivity contribution in [2.24, 2.45) is 0 Å². The van der Waals surface area contributed by atoms with Crippen molar-refractivity contribution in [3.05, 3.63) is 35.6 Å². The number of methoxy groups -OCH3 is 1. The highest BCUT2D eigenvalue weighted by atomic mass is 79.9. The van der Waals surface area contributed by atoms with E-state index < -0.39 is 0 Å². The molecule has 6 heteroatoms. The van der Waals surface area contributed by atoms with Crippen molar-refractivity contribution in [1.82, 2.24) is 15.1 Å². The van der Waals surface area contributed by atoms with Gasteiger partial charge in [0.2, 0.25) is 11.8 Å². The molecule has 2 rings (SSSR count). The van der Waals surface area contributed by atoms with Gasteiger partial charge in [0, 0.05) is 18.7 Å². The SMILES string of the molecule is CCC(Br)c1nc(Cc2ccc(OC)nc2)no1. The third-order valence-corrected chi connectivity index (χ3v) is 3.52. The topological polar surface area (TPSA) is 61.0 Å². The van der Waals surface area contributed by atoms with Crippen LogP contribution in [0.1, 0.15) is 35.5 Å². The van der Waals surface area contributed by atoms with E-state index in [1.54, 1.807) is 13.3 Å². The van der Waals surface area contributed by atoms with E-state index in [-0.39, 0.29) is 4.83 Å². The maximum Gasteiger partial charge on any atom is 0.240 e. The first-order valence-electron chi connectivity index (χ1n) is 5.68. The lowest BCUT2D eigenvalue weighted by molar-refractivity contribution is 0.372. The van der Waals surface area contributed by atoms with Gasteiger partial charge >= 0.3 is 0 Å². The molecule has 0 aromatic carbocycles. The molecule has 1 atom stereocenters. The van der Waals surface area contributed by atoms with Gasteiger partial charge in [0.25, 0.3) is 0 Å². The molecule has 0 aliphatic carbocycles. The number of aromatic nitrogens is 3. The molecule has 0 spiro atoms. The highest BCUT2D eigenvalue weighted by Crippen LogP contribution is 2.24. The Morgan fingerprint density at radius 3 is 2.89 bits per heavy atom. The van der Waals surface area contributed by atoms with Crippen LogP contribution in [0.25, 0.3) is 0 Å². The molecule has 0 radical (unpaired) electrons. The zero-order valence-corrected chi connectivity index (χ0v) is 11.8. The first-order valence-corrected chi connectivity index (χ1v) is 6.60. The van der Waals surface area contributed by atoms with Crippen molar-refractivity contribution < 1.29 is 9.26 Å². The normalized spacial score (nSPS) is 12.4. The summed E-state index contributed by atoms with van der Waals surface area (Å²) in [5.41, 5.74) is 1.02. The highest BCUT2D eigenvalue weighted by molar-refractivity contribution is 9.09. The Hall–Kier alpha value is -1.43. The van der Waals surface area contributed by atoms with E-state index in [0.717, 1.165) is 12.0 Å². The Kier molecular flexibility index (Phi) is 4.30. The molecule has 0 amide bonds. The van der Waals surface area contributed by atoms with Crippen LogP contribution in [-0.2, 0) is 6.42 Å². The van der Waals surface area contributed by atoms with Gasteiger partial charge < -0.3 is 9.26 Å². The monoisotopic (exact) mass is 311 g/mol. The average Bonchev–Trinajstić information content (AvgIpc) is 2.87. The van der Waals surface area contributed by atoms with Gasteiger partial charge in [0.1, 0.15) is 0 Å². The fraction of sp³-hybridized carbons (Fsp3) is 0.417. The number of pyridine rings is 1. The molecule has 0 aliphatic rings. The quantitative estimate of drug-likeness (QED) is 0.794. The summed E-state index contributed by atoms with van der Waals surface area (Å²) >= 11 is 3.48. The van der Waals surface area contributed by atoms with Crippen LogP contribution in [0.15, 0.2) is 22.9 Å². The molecular formula is C12H14BrN3O2. The lowest BCUT2D eigenvalue weighted by Crippen LogP contribution is -1.94. The number of rotatable bonds is 5. The van der Waals surface area contributed by atoms with Crippen molar-refractivity contribution in [2.75, 3.05) is 7.11 Å². The third kappa shape index (κ3) is 3.07. The van der Waals surface area contributed by atoms with Crippen LogP contribution in [0.4, 0.5) is 0 Å². The zero-order chi connectivity index (χ0) is 13.0. The average molecular weight is 312 g/mol. The summed E-state index contributed by atoms with van der Waals surface area (Å²) in [5.74, 6) is 1.88. The number of nitrogens with zero attached hydrogens (tertiary/aromatic N) is 3. The number of ether oxygens (including phenoxy) is 1. The van der Waals surface area contributed by atoms with Crippen molar-refractivity contribution in [1.29, 1.82) is 0 Å². The molecule has 96 valence electrons. The van der Waals surface area contributed by atoms with Gasteiger partial charge in [-0.25, -0.2) is 4.98 Å². The van der Waals surface area contributed by atoms with Crippen molar-refractivity contribution in [3.8, 4) is 5.88 Å². The summed E-state index contributed by atoms with van der Waals surface area (Å²) in [4.78, 5) is 8.59. The van der Waals surface area contributed by atoms with Crippen molar-refractivity contribution in [2.45, 2.75) is 24.6 Å². The largest absolute Gasteiger partial charge is 0.481 e. The van der Waals surface area contributed by atoms with E-state index in [1.165, 1.54) is 0 Å². The Morgan fingerprint density at radius 2 is 2.28 bits per heavy atom. The summed E-state index contributed by atoms with van der Waals surface area (Å²) in [7, 11) is 1.59. The molecule has 0 bridgehead atoms. The first-order chi connectivity index (χ1) is 8.72. The molecule has 0 saturated carbocycles. The highest BCUT2D eigenvalue weighted by Gasteiger charge is 2.14. The second-order valence-corrected chi connectivity index (χ2v) is 4.92. The molecule has 0 fully saturated rings. The number of hydrogen-bond donors (Lipinski definition) is 0. The maximum absolute atomic E-state index is 5.18. The Morgan fingerprint density at radius 1 is 1.44 bits per heavy atom. The molecule has 0 saturated heterocycles. The zero-order valence-electron chi connectivity index (χ0n) is 10.3. The summed E-state index contributed by atoms with van der Waals surface area (Å²) in [6, 6.07) is 3.75. The lowest BCUT2D eigenvalue weighted by Gasteiger charge is -1.99. The van der Waals surface area contributed by atoms with Gasteiger partial charge in [-0.1, -0.05) is 34.1 Å². The van der Waals surface area contributed by atoms with E-state index >= 15 is 0 Å². The molecule has 2 aromatic rings. The minimum atomic E-state index is 0.118. The molecule has 2 aromatic heterocycles. The summed E-state index contributed by atoms with van der Waals surface area (Å²) in [6.07, 6.45) is 3.26. The van der Waals surface area contributed by atoms with Crippen LogP contribution in [-0.4, -0.2) is 22.2 Å². The van der Waals surface area contributed by atoms with Crippen LogP contribution >= 0.6 is 15.9 Å². The predicted octanol–water partition coefficient (Wildman–Crippen LogP) is 2.91. The maximum atomic E-state index is 5.18. The van der Waals surface area contributed by atoms with E-state index in [9.17, 15) is 0 Å². The Labute approximate surface area is 114 Å². The molecule has 1 unspecified atom stereocenters. The second-order valence-electron chi connectivity index (χ2n) is 3.81. The van der Waals surface area contributed by atoms with E-state index in [4.69, 9.17) is 9.26 Å². The number of halogens is 1. The van der Waals surface area contributed by atoms with Crippen LogP contribution in [0.3, 0.4) is 0 Å². The van der Waals surface area contributed by atoms with Crippen LogP contribution in [0.2, 0.25) is 0 Å². The van der Waals surface area contributed by atoms with Gasteiger partial charge in [0.05, 0.1) is 11.9 Å². The standard InChI is InChI=1S/C12H14BrN3O2/c1-3-9(13)12-15-10(16-18-12)6-8-4-5-11(17-2)14-7-8/h4-5,7,9H,3,6H2,1-2H3. The smallest absolute Gasteiger partial charge is 0.240 e. The fourth-order valence-electron chi connectivity index (χ4n) is 1.46. The third-order valence-electron chi connectivity index (χ3n) is 2.48. The molecule has 0 aliphatic heterocycles. The van der Waals surface area contributed by atoms with Gasteiger partial charge in [-0.3, -0.25) is 0 Å². The molecule has 0 N–H and O–H groups in total. The molecule has 5 nitrogen and oxygen atoms in total. The molecule has 2 heterocycles. The first kappa shape index (κ1) is 13.0. The van der Waals surface area contributed by atoms with Gasteiger partial charge in [-0.05, 0) is 12.0 Å². The van der Waals surface area contributed by atoms with E-state index in [1.807, 2.05) is 12.1 Å². The molecular weight excluding hydrogens is 298 g/mol. The fourth-order valence-corrected chi connectivity index (χ4v) is 1.65. The van der Waals surface area contributed by atoms with E-state index in [0.29, 0.717) is 24.0 Å². The minimum absolute atomic E-state index is 0.118. The van der Waals surface area contributed by atoms with Gasteiger partial charge in [-0.2, -0.15) is 4.98 Å². The van der Waals surface area contributed by atoms with Crippen molar-refractivity contribution >= 4 is 15.9 Å². The van der Waals surface area contributed by atoms with E-state index in [2.05, 4.69) is 38.0 Å². The van der Waals surface area contributed by atoms with Gasteiger partial charge in [-0.15, -0.1) is 0 Å².